The quantitative estimate of drug-likeness (QED) is 0.608. The van der Waals surface area contributed by atoms with Crippen LogP contribution in [0.3, 0.4) is 0 Å². The Labute approximate surface area is 100 Å². The van der Waals surface area contributed by atoms with Crippen LogP contribution in [0.1, 0.15) is 19.3 Å². The van der Waals surface area contributed by atoms with Crippen molar-refractivity contribution >= 4 is 22.3 Å². The number of benzene rings is 1. The minimum absolute atomic E-state index is 0.0201. The number of Topliss-reactive ketones (excluding diaryl/α,β-unsaturated/α-hetero) is 1. The van der Waals surface area contributed by atoms with Crippen molar-refractivity contribution in [3.63, 3.8) is 0 Å². The summed E-state index contributed by atoms with van der Waals surface area (Å²) in [5.41, 5.74) is -0.0201. The first-order valence-electron chi connectivity index (χ1n) is 5.24. The summed E-state index contributed by atoms with van der Waals surface area (Å²) < 4.78 is 12.1. The van der Waals surface area contributed by atoms with Crippen molar-refractivity contribution < 1.29 is 13.9 Å². The van der Waals surface area contributed by atoms with Gasteiger partial charge < -0.3 is 0 Å². The molecule has 0 spiro atoms. The van der Waals surface area contributed by atoms with Gasteiger partial charge in [-0.3, -0.25) is 19.1 Å². The van der Waals surface area contributed by atoms with Gasteiger partial charge in [-0.2, -0.15) is 0 Å². The summed E-state index contributed by atoms with van der Waals surface area (Å²) in [4.78, 5) is 21.6. The molecule has 1 aliphatic carbocycles. The summed E-state index contributed by atoms with van der Waals surface area (Å²) in [6.45, 7) is 0. The van der Waals surface area contributed by atoms with Crippen LogP contribution >= 0.6 is 0 Å². The first-order chi connectivity index (χ1) is 8.08. The maximum Gasteiger partial charge on any atom is 0.269 e. The van der Waals surface area contributed by atoms with E-state index in [1.165, 1.54) is 24.3 Å². The Hall–Kier alpha value is -1.56. The normalized spacial score (nSPS) is 21.4. The lowest BCUT2D eigenvalue weighted by Crippen LogP contribution is -2.11. The predicted molar refractivity (Wildman–Crippen MR) is 62.2 cm³/mol. The van der Waals surface area contributed by atoms with Crippen LogP contribution < -0.4 is 0 Å². The number of nitro groups is 1. The Morgan fingerprint density at radius 1 is 1.29 bits per heavy atom. The molecule has 1 aromatic rings. The fraction of sp³-hybridized carbons (Fsp3) is 0.364. The minimum Gasteiger partial charge on any atom is -0.300 e. The highest BCUT2D eigenvalue weighted by Gasteiger charge is 2.28. The van der Waals surface area contributed by atoms with Gasteiger partial charge in [-0.25, -0.2) is 0 Å². The van der Waals surface area contributed by atoms with Crippen LogP contribution in [0.15, 0.2) is 29.2 Å². The van der Waals surface area contributed by atoms with E-state index in [2.05, 4.69) is 0 Å². The largest absolute Gasteiger partial charge is 0.300 e. The molecule has 1 fully saturated rings. The van der Waals surface area contributed by atoms with Crippen LogP contribution in [-0.4, -0.2) is 20.2 Å². The van der Waals surface area contributed by atoms with Crippen LogP contribution in [0.25, 0.3) is 0 Å². The molecule has 17 heavy (non-hydrogen) atoms. The van der Waals surface area contributed by atoms with E-state index in [0.717, 1.165) is 0 Å². The third kappa shape index (κ3) is 2.58. The van der Waals surface area contributed by atoms with Crippen molar-refractivity contribution in [1.82, 2.24) is 0 Å². The Bertz CT molecular complexity index is 483. The lowest BCUT2D eigenvalue weighted by Gasteiger charge is -2.07. The average molecular weight is 253 g/mol. The van der Waals surface area contributed by atoms with E-state index in [4.69, 9.17) is 0 Å². The van der Waals surface area contributed by atoms with Crippen molar-refractivity contribution in [2.45, 2.75) is 29.4 Å². The fourth-order valence-corrected chi connectivity index (χ4v) is 3.32. The minimum atomic E-state index is -1.24. The third-order valence-electron chi connectivity index (χ3n) is 2.78. The molecule has 90 valence electrons. The molecule has 0 radical (unpaired) electrons. The van der Waals surface area contributed by atoms with Gasteiger partial charge in [-0.1, -0.05) is 0 Å². The van der Waals surface area contributed by atoms with Gasteiger partial charge in [0, 0.05) is 35.1 Å². The van der Waals surface area contributed by atoms with Crippen LogP contribution in [0.5, 0.6) is 0 Å². The Kier molecular flexibility index (Phi) is 3.33. The fourth-order valence-electron chi connectivity index (χ4n) is 1.86. The third-order valence-corrected chi connectivity index (χ3v) is 4.53. The molecule has 2 rings (SSSR count). The summed E-state index contributed by atoms with van der Waals surface area (Å²) in [7, 11) is -1.24. The highest BCUT2D eigenvalue weighted by atomic mass is 32.2. The van der Waals surface area contributed by atoms with Crippen molar-refractivity contribution in [3.05, 3.63) is 34.4 Å². The molecule has 0 aliphatic heterocycles. The van der Waals surface area contributed by atoms with Crippen LogP contribution in [0, 0.1) is 10.1 Å². The number of rotatable bonds is 3. The van der Waals surface area contributed by atoms with Gasteiger partial charge in [0.05, 0.1) is 15.7 Å². The molecule has 0 aromatic heterocycles. The summed E-state index contributed by atoms with van der Waals surface area (Å²) >= 11 is 0. The smallest absolute Gasteiger partial charge is 0.269 e. The van der Waals surface area contributed by atoms with Gasteiger partial charge in [0.25, 0.3) is 5.69 Å². The van der Waals surface area contributed by atoms with Gasteiger partial charge in [0.15, 0.2) is 0 Å². The second-order valence-corrected chi connectivity index (χ2v) is 5.68. The van der Waals surface area contributed by atoms with E-state index >= 15 is 0 Å². The first kappa shape index (κ1) is 11.9. The number of non-ortho nitro benzene ring substituents is 1. The standard InChI is InChI=1S/C11H11NO4S/c13-9-3-6-11(7-9)17(16)10-4-1-8(2-5-10)12(14)15/h1-2,4-5,11H,3,6-7H2. The van der Waals surface area contributed by atoms with Crippen LogP contribution in [0.4, 0.5) is 5.69 Å². The molecular formula is C11H11NO4S. The zero-order valence-electron chi connectivity index (χ0n) is 9.00. The highest BCUT2D eigenvalue weighted by Crippen LogP contribution is 2.25. The number of hydrogen-bond acceptors (Lipinski definition) is 4. The maximum atomic E-state index is 12.1. The molecule has 5 nitrogen and oxygen atoms in total. The lowest BCUT2D eigenvalue weighted by molar-refractivity contribution is -0.384. The predicted octanol–water partition coefficient (Wildman–Crippen LogP) is 1.82. The maximum absolute atomic E-state index is 12.1. The lowest BCUT2D eigenvalue weighted by atomic mass is 10.3. The number of nitrogens with zero attached hydrogens (tertiary/aromatic N) is 1. The van der Waals surface area contributed by atoms with E-state index in [0.29, 0.717) is 24.2 Å². The van der Waals surface area contributed by atoms with E-state index in [9.17, 15) is 19.1 Å². The number of carbonyl (C=O) groups is 1. The summed E-state index contributed by atoms with van der Waals surface area (Å²) in [5, 5.41) is 10.3. The van der Waals surface area contributed by atoms with Gasteiger partial charge in [-0.05, 0) is 18.6 Å². The van der Waals surface area contributed by atoms with Crippen molar-refractivity contribution in [2.24, 2.45) is 0 Å². The van der Waals surface area contributed by atoms with Gasteiger partial charge in [0.2, 0.25) is 0 Å². The molecule has 1 aromatic carbocycles. The van der Waals surface area contributed by atoms with Crippen molar-refractivity contribution in [3.8, 4) is 0 Å². The van der Waals surface area contributed by atoms with Gasteiger partial charge >= 0.3 is 0 Å². The summed E-state index contributed by atoms with van der Waals surface area (Å²) in [6, 6.07) is 5.67. The Balaban J connectivity index is 2.14. The monoisotopic (exact) mass is 253 g/mol. The van der Waals surface area contributed by atoms with E-state index < -0.39 is 15.7 Å². The topological polar surface area (TPSA) is 77.3 Å². The molecule has 6 heteroatoms. The first-order valence-corrected chi connectivity index (χ1v) is 6.46. The van der Waals surface area contributed by atoms with E-state index in [1.54, 1.807) is 0 Å². The number of ketones is 1. The Morgan fingerprint density at radius 3 is 2.41 bits per heavy atom. The van der Waals surface area contributed by atoms with Crippen molar-refractivity contribution in [1.29, 1.82) is 0 Å². The number of hydrogen-bond donors (Lipinski definition) is 0. The summed E-state index contributed by atoms with van der Waals surface area (Å²) in [5.74, 6) is 0.144. The molecule has 0 bridgehead atoms. The molecule has 2 unspecified atom stereocenters. The van der Waals surface area contributed by atoms with Gasteiger partial charge in [0.1, 0.15) is 5.78 Å². The molecular weight excluding hydrogens is 242 g/mol. The van der Waals surface area contributed by atoms with Crippen molar-refractivity contribution in [2.75, 3.05) is 0 Å². The van der Waals surface area contributed by atoms with Crippen LogP contribution in [-0.2, 0) is 15.6 Å². The highest BCUT2D eigenvalue weighted by molar-refractivity contribution is 7.85. The molecule has 0 N–H and O–H groups in total. The average Bonchev–Trinajstić information content (AvgIpc) is 2.75. The molecule has 0 saturated heterocycles. The molecule has 1 aliphatic rings. The molecule has 0 amide bonds. The summed E-state index contributed by atoms with van der Waals surface area (Å²) in [6.07, 6.45) is 1.48. The Morgan fingerprint density at radius 2 is 1.94 bits per heavy atom. The second kappa shape index (κ2) is 4.75. The SMILES string of the molecule is O=C1CCC(S(=O)c2ccc([N+](=O)[O-])cc2)C1. The molecule has 2 atom stereocenters. The van der Waals surface area contributed by atoms with E-state index in [-0.39, 0.29) is 16.7 Å². The molecule has 0 heterocycles. The zero-order chi connectivity index (χ0) is 12.4. The number of carbonyl (C=O) groups excluding carboxylic acids is 1. The van der Waals surface area contributed by atoms with E-state index in [1.807, 2.05) is 0 Å². The second-order valence-electron chi connectivity index (χ2n) is 3.95. The zero-order valence-corrected chi connectivity index (χ0v) is 9.81. The van der Waals surface area contributed by atoms with Gasteiger partial charge in [-0.15, -0.1) is 0 Å². The molecule has 1 saturated carbocycles. The van der Waals surface area contributed by atoms with Crippen LogP contribution in [0.2, 0.25) is 0 Å². The number of nitro benzene ring substituents is 1.